The van der Waals surface area contributed by atoms with E-state index in [0.717, 1.165) is 17.4 Å². The highest BCUT2D eigenvalue weighted by molar-refractivity contribution is 5.84. The van der Waals surface area contributed by atoms with E-state index in [-0.39, 0.29) is 0 Å². The summed E-state index contributed by atoms with van der Waals surface area (Å²) >= 11 is 0. The highest BCUT2D eigenvalue weighted by Crippen LogP contribution is 2.19. The number of pyridine rings is 2. The summed E-state index contributed by atoms with van der Waals surface area (Å²) in [5.41, 5.74) is 2.17. The lowest BCUT2D eigenvalue weighted by molar-refractivity contribution is 0.111. The first-order chi connectivity index (χ1) is 6.92. The van der Waals surface area contributed by atoms with E-state index >= 15 is 0 Å². The van der Waals surface area contributed by atoms with Crippen molar-refractivity contribution < 1.29 is 4.79 Å². The van der Waals surface area contributed by atoms with Gasteiger partial charge in [0.05, 0.1) is 0 Å². The quantitative estimate of drug-likeness (QED) is 0.670. The third-order valence-corrected chi connectivity index (χ3v) is 1.92. The standard InChI is InChI=1S/C11H8N2O/c14-8-11-10(4-2-6-13-11)9-3-1-5-12-7-9/h1-8H. The molecule has 2 rings (SSSR count). The minimum absolute atomic E-state index is 0.445. The molecule has 0 saturated heterocycles. The molecule has 0 aliphatic carbocycles. The fourth-order valence-electron chi connectivity index (χ4n) is 1.28. The normalized spacial score (nSPS) is 9.71. The first-order valence-corrected chi connectivity index (χ1v) is 4.22. The van der Waals surface area contributed by atoms with Gasteiger partial charge >= 0.3 is 0 Å². The second-order valence-corrected chi connectivity index (χ2v) is 2.80. The van der Waals surface area contributed by atoms with Crippen molar-refractivity contribution in [2.75, 3.05) is 0 Å². The molecule has 0 unspecified atom stereocenters. The van der Waals surface area contributed by atoms with Gasteiger partial charge in [-0.1, -0.05) is 12.1 Å². The van der Waals surface area contributed by atoms with Crippen LogP contribution in [0.1, 0.15) is 10.5 Å². The van der Waals surface area contributed by atoms with Crippen LogP contribution < -0.4 is 0 Å². The van der Waals surface area contributed by atoms with Gasteiger partial charge in [0, 0.05) is 29.7 Å². The van der Waals surface area contributed by atoms with E-state index in [1.807, 2.05) is 18.2 Å². The summed E-state index contributed by atoms with van der Waals surface area (Å²) in [6.45, 7) is 0. The fraction of sp³-hybridized carbons (Fsp3) is 0. The van der Waals surface area contributed by atoms with Gasteiger partial charge in [-0.2, -0.15) is 0 Å². The predicted octanol–water partition coefficient (Wildman–Crippen LogP) is 1.96. The molecule has 0 fully saturated rings. The summed E-state index contributed by atoms with van der Waals surface area (Å²) in [6, 6.07) is 7.39. The summed E-state index contributed by atoms with van der Waals surface area (Å²) in [6.07, 6.45) is 5.76. The number of hydrogen-bond donors (Lipinski definition) is 0. The Balaban J connectivity index is 2.57. The van der Waals surface area contributed by atoms with E-state index in [4.69, 9.17) is 0 Å². The Morgan fingerprint density at radius 1 is 1.14 bits per heavy atom. The predicted molar refractivity (Wildman–Crippen MR) is 52.9 cm³/mol. The molecule has 0 amide bonds. The number of carbonyl (C=O) groups is 1. The molecular formula is C11H8N2O. The van der Waals surface area contributed by atoms with Crippen molar-refractivity contribution in [1.29, 1.82) is 0 Å². The topological polar surface area (TPSA) is 42.9 Å². The Hall–Kier alpha value is -2.03. The van der Waals surface area contributed by atoms with Crippen molar-refractivity contribution in [3.63, 3.8) is 0 Å². The van der Waals surface area contributed by atoms with Crippen molar-refractivity contribution >= 4 is 6.29 Å². The largest absolute Gasteiger partial charge is 0.296 e. The molecule has 0 N–H and O–H groups in total. The first kappa shape index (κ1) is 8.56. The van der Waals surface area contributed by atoms with Crippen LogP contribution in [0, 0.1) is 0 Å². The lowest BCUT2D eigenvalue weighted by Gasteiger charge is -2.01. The van der Waals surface area contributed by atoms with Gasteiger partial charge in [0.15, 0.2) is 6.29 Å². The van der Waals surface area contributed by atoms with Gasteiger partial charge in [-0.15, -0.1) is 0 Å². The lowest BCUT2D eigenvalue weighted by Crippen LogP contribution is -1.91. The smallest absolute Gasteiger partial charge is 0.169 e. The van der Waals surface area contributed by atoms with Crippen LogP contribution in [0.2, 0.25) is 0 Å². The average molecular weight is 184 g/mol. The molecule has 0 spiro atoms. The summed E-state index contributed by atoms with van der Waals surface area (Å²) in [5, 5.41) is 0. The summed E-state index contributed by atoms with van der Waals surface area (Å²) in [5.74, 6) is 0. The molecule has 3 heteroatoms. The third kappa shape index (κ3) is 1.52. The van der Waals surface area contributed by atoms with Gasteiger partial charge in [-0.3, -0.25) is 14.8 Å². The number of aldehydes is 1. The van der Waals surface area contributed by atoms with E-state index in [9.17, 15) is 4.79 Å². The molecule has 2 heterocycles. The van der Waals surface area contributed by atoms with Gasteiger partial charge in [-0.25, -0.2) is 0 Å². The van der Waals surface area contributed by atoms with Crippen molar-refractivity contribution in [3.05, 3.63) is 48.5 Å². The lowest BCUT2D eigenvalue weighted by atomic mass is 10.1. The van der Waals surface area contributed by atoms with Gasteiger partial charge in [0.2, 0.25) is 0 Å². The molecule has 0 aliphatic heterocycles. The third-order valence-electron chi connectivity index (χ3n) is 1.92. The van der Waals surface area contributed by atoms with E-state index in [1.165, 1.54) is 0 Å². The summed E-state index contributed by atoms with van der Waals surface area (Å²) < 4.78 is 0. The first-order valence-electron chi connectivity index (χ1n) is 4.22. The van der Waals surface area contributed by atoms with Gasteiger partial charge < -0.3 is 0 Å². The number of nitrogens with zero attached hydrogens (tertiary/aromatic N) is 2. The van der Waals surface area contributed by atoms with E-state index in [0.29, 0.717) is 5.69 Å². The van der Waals surface area contributed by atoms with Crippen molar-refractivity contribution in [2.45, 2.75) is 0 Å². The van der Waals surface area contributed by atoms with Crippen LogP contribution in [0.15, 0.2) is 42.9 Å². The van der Waals surface area contributed by atoms with Gasteiger partial charge in [0.25, 0.3) is 0 Å². The molecule has 2 aromatic rings. The molecule has 0 atom stereocenters. The Labute approximate surface area is 81.5 Å². The van der Waals surface area contributed by atoms with Crippen LogP contribution in [0.5, 0.6) is 0 Å². The Morgan fingerprint density at radius 3 is 2.71 bits per heavy atom. The minimum Gasteiger partial charge on any atom is -0.296 e. The molecule has 0 radical (unpaired) electrons. The van der Waals surface area contributed by atoms with Crippen LogP contribution in [-0.4, -0.2) is 16.3 Å². The van der Waals surface area contributed by atoms with Gasteiger partial charge in [0.1, 0.15) is 5.69 Å². The van der Waals surface area contributed by atoms with Crippen LogP contribution in [-0.2, 0) is 0 Å². The Morgan fingerprint density at radius 2 is 2.00 bits per heavy atom. The van der Waals surface area contributed by atoms with Crippen molar-refractivity contribution in [2.24, 2.45) is 0 Å². The molecular weight excluding hydrogens is 176 g/mol. The van der Waals surface area contributed by atoms with Crippen LogP contribution >= 0.6 is 0 Å². The van der Waals surface area contributed by atoms with E-state index < -0.39 is 0 Å². The Bertz CT molecular complexity index is 440. The Kier molecular flexibility index (Phi) is 2.32. The number of rotatable bonds is 2. The van der Waals surface area contributed by atoms with Crippen molar-refractivity contribution in [3.8, 4) is 11.1 Å². The number of aromatic nitrogens is 2. The average Bonchev–Trinajstić information content (AvgIpc) is 2.30. The monoisotopic (exact) mass is 184 g/mol. The molecule has 0 saturated carbocycles. The molecule has 68 valence electrons. The number of hydrogen-bond acceptors (Lipinski definition) is 3. The van der Waals surface area contributed by atoms with E-state index in [1.54, 1.807) is 24.7 Å². The number of carbonyl (C=O) groups excluding carboxylic acids is 1. The zero-order valence-corrected chi connectivity index (χ0v) is 7.42. The van der Waals surface area contributed by atoms with Crippen LogP contribution in [0.25, 0.3) is 11.1 Å². The molecule has 0 aliphatic rings. The highest BCUT2D eigenvalue weighted by atomic mass is 16.1. The maximum Gasteiger partial charge on any atom is 0.169 e. The van der Waals surface area contributed by atoms with Crippen LogP contribution in [0.3, 0.4) is 0 Å². The van der Waals surface area contributed by atoms with Gasteiger partial charge in [-0.05, 0) is 12.1 Å². The maximum absolute atomic E-state index is 10.7. The molecule has 3 nitrogen and oxygen atoms in total. The fourth-order valence-corrected chi connectivity index (χ4v) is 1.28. The summed E-state index contributed by atoms with van der Waals surface area (Å²) in [4.78, 5) is 18.7. The molecule has 0 bridgehead atoms. The highest BCUT2D eigenvalue weighted by Gasteiger charge is 2.03. The zero-order valence-electron chi connectivity index (χ0n) is 7.42. The zero-order chi connectivity index (χ0) is 9.80. The molecule has 0 aromatic carbocycles. The maximum atomic E-state index is 10.7. The van der Waals surface area contributed by atoms with Crippen LogP contribution in [0.4, 0.5) is 0 Å². The summed E-state index contributed by atoms with van der Waals surface area (Å²) in [7, 11) is 0. The van der Waals surface area contributed by atoms with Crippen molar-refractivity contribution in [1.82, 2.24) is 9.97 Å². The minimum atomic E-state index is 0.445. The second kappa shape index (κ2) is 3.79. The molecule has 14 heavy (non-hydrogen) atoms. The van der Waals surface area contributed by atoms with E-state index in [2.05, 4.69) is 9.97 Å². The molecule has 2 aromatic heterocycles. The SMILES string of the molecule is O=Cc1ncccc1-c1cccnc1. The second-order valence-electron chi connectivity index (χ2n) is 2.80.